The highest BCUT2D eigenvalue weighted by Crippen LogP contribution is 2.42. The van der Waals surface area contributed by atoms with Crippen molar-refractivity contribution in [2.45, 2.75) is 18.4 Å². The maximum Gasteiger partial charge on any atom is 0.407 e. The summed E-state index contributed by atoms with van der Waals surface area (Å²) in [5, 5.41) is 21.1. The molecule has 2 N–H and O–H groups in total. The van der Waals surface area contributed by atoms with Crippen molar-refractivity contribution < 1.29 is 33.3 Å². The number of aliphatic hydroxyl groups is 1. The molecule has 0 unspecified atom stereocenters. The molecule has 1 aliphatic heterocycles. The van der Waals surface area contributed by atoms with Gasteiger partial charge in [0.1, 0.15) is 30.4 Å². The van der Waals surface area contributed by atoms with Crippen molar-refractivity contribution in [3.05, 3.63) is 65.5 Å². The molecule has 2 aromatic carbocycles. The van der Waals surface area contributed by atoms with Gasteiger partial charge in [-0.2, -0.15) is 0 Å². The highest BCUT2D eigenvalue weighted by molar-refractivity contribution is 5.65. The first-order valence-corrected chi connectivity index (χ1v) is 10.3. The Balaban J connectivity index is 1.80. The zero-order valence-electron chi connectivity index (χ0n) is 17.2. The summed E-state index contributed by atoms with van der Waals surface area (Å²) in [5.74, 6) is -0.0605. The summed E-state index contributed by atoms with van der Waals surface area (Å²) in [4.78, 5) is 12.6. The largest absolute Gasteiger partial charge is 0.491 e. The van der Waals surface area contributed by atoms with Gasteiger partial charge in [0.05, 0.1) is 13.2 Å². The van der Waals surface area contributed by atoms with Crippen LogP contribution in [-0.2, 0) is 10.3 Å². The van der Waals surface area contributed by atoms with Gasteiger partial charge in [-0.05, 0) is 54.2 Å². The lowest BCUT2D eigenvalue weighted by Crippen LogP contribution is -2.45. The number of hydrogen-bond donors (Lipinski definition) is 2. The van der Waals surface area contributed by atoms with E-state index in [1.807, 2.05) is 0 Å². The Morgan fingerprint density at radius 2 is 1.58 bits per heavy atom. The molecule has 168 valence electrons. The van der Waals surface area contributed by atoms with Crippen molar-refractivity contribution >= 4 is 6.09 Å². The van der Waals surface area contributed by atoms with E-state index in [0.29, 0.717) is 42.8 Å². The first-order valence-electron chi connectivity index (χ1n) is 10.3. The molecule has 0 radical (unpaired) electrons. The first kappa shape index (κ1) is 23.0. The molecule has 0 aliphatic carbocycles. The van der Waals surface area contributed by atoms with E-state index >= 15 is 0 Å². The third-order valence-corrected chi connectivity index (χ3v) is 5.65. The van der Waals surface area contributed by atoms with Crippen molar-refractivity contribution in [2.75, 3.05) is 39.6 Å². The maximum absolute atomic E-state index is 13.5. The van der Waals surface area contributed by atoms with E-state index in [1.165, 1.54) is 17.0 Å². The van der Waals surface area contributed by atoms with Gasteiger partial charge in [0, 0.05) is 13.1 Å². The molecule has 0 aromatic heterocycles. The van der Waals surface area contributed by atoms with E-state index in [9.17, 15) is 23.8 Å². The van der Waals surface area contributed by atoms with Crippen molar-refractivity contribution in [2.24, 2.45) is 5.92 Å². The highest BCUT2D eigenvalue weighted by atomic mass is 19.1. The SMILES string of the molecule is O=C(O)N1CCC([C@@](O)(c2ccc(F)cc2)c2ccc(OCCOCCF)cc2)CC1. The van der Waals surface area contributed by atoms with E-state index < -0.39 is 24.2 Å². The van der Waals surface area contributed by atoms with Crippen LogP contribution in [0, 0.1) is 11.7 Å². The number of hydrogen-bond acceptors (Lipinski definition) is 4. The minimum atomic E-state index is -1.40. The average Bonchev–Trinajstić information content (AvgIpc) is 2.79. The van der Waals surface area contributed by atoms with Crippen LogP contribution in [0.2, 0.25) is 0 Å². The molecule has 8 heteroatoms. The van der Waals surface area contributed by atoms with E-state index in [2.05, 4.69) is 0 Å². The Morgan fingerprint density at radius 3 is 2.13 bits per heavy atom. The number of rotatable bonds is 9. The molecule has 1 atom stereocenters. The second kappa shape index (κ2) is 10.5. The van der Waals surface area contributed by atoms with Crippen LogP contribution in [0.1, 0.15) is 24.0 Å². The third kappa shape index (κ3) is 5.51. The number of carbonyl (C=O) groups is 1. The highest BCUT2D eigenvalue weighted by Gasteiger charge is 2.42. The smallest absolute Gasteiger partial charge is 0.407 e. The maximum atomic E-state index is 13.5. The predicted molar refractivity (Wildman–Crippen MR) is 110 cm³/mol. The summed E-state index contributed by atoms with van der Waals surface area (Å²) in [6.45, 7) is 0.686. The summed E-state index contributed by atoms with van der Waals surface area (Å²) in [6.07, 6.45) is -0.0185. The van der Waals surface area contributed by atoms with E-state index in [4.69, 9.17) is 9.47 Å². The molecule has 2 aromatic rings. The molecule has 0 bridgehead atoms. The molecule has 1 aliphatic rings. The number of amides is 1. The zero-order chi connectivity index (χ0) is 22.3. The van der Waals surface area contributed by atoms with Crippen LogP contribution < -0.4 is 4.74 Å². The fourth-order valence-electron chi connectivity index (χ4n) is 4.01. The lowest BCUT2D eigenvalue weighted by molar-refractivity contribution is -0.0122. The number of piperidine rings is 1. The minimum Gasteiger partial charge on any atom is -0.491 e. The number of likely N-dealkylation sites (tertiary alicyclic amines) is 1. The van der Waals surface area contributed by atoms with Gasteiger partial charge in [0.2, 0.25) is 0 Å². The van der Waals surface area contributed by atoms with Crippen LogP contribution in [-0.4, -0.2) is 60.8 Å². The lowest BCUT2D eigenvalue weighted by Gasteiger charge is -2.41. The number of halogens is 2. The Bertz CT molecular complexity index is 838. The van der Waals surface area contributed by atoms with Gasteiger partial charge in [-0.1, -0.05) is 24.3 Å². The summed E-state index contributed by atoms with van der Waals surface area (Å²) in [7, 11) is 0. The standard InChI is InChI=1S/C23H27F2NO5/c24-11-14-30-15-16-31-21-7-3-18(4-8-21)23(29,17-1-5-20(25)6-2-17)19-9-12-26(13-10-19)22(27)28/h1-8,19,29H,9-16H2,(H,27,28)/t23-/m1/s1. The molecule has 1 saturated heterocycles. The van der Waals surface area contributed by atoms with Gasteiger partial charge in [-0.15, -0.1) is 0 Å². The van der Waals surface area contributed by atoms with Gasteiger partial charge >= 0.3 is 6.09 Å². The van der Waals surface area contributed by atoms with Crippen LogP contribution in [0.4, 0.5) is 13.6 Å². The van der Waals surface area contributed by atoms with Gasteiger partial charge in [0.15, 0.2) is 0 Å². The molecule has 1 fully saturated rings. The third-order valence-electron chi connectivity index (χ3n) is 5.65. The summed E-state index contributed by atoms with van der Waals surface area (Å²) in [5.41, 5.74) is -0.231. The zero-order valence-corrected chi connectivity index (χ0v) is 17.2. The molecule has 1 amide bonds. The summed E-state index contributed by atoms with van der Waals surface area (Å²) >= 11 is 0. The van der Waals surface area contributed by atoms with Crippen molar-refractivity contribution in [3.63, 3.8) is 0 Å². The Labute approximate surface area is 180 Å². The van der Waals surface area contributed by atoms with Crippen LogP contribution in [0.15, 0.2) is 48.5 Å². The normalized spacial score (nSPS) is 16.7. The fourth-order valence-corrected chi connectivity index (χ4v) is 4.01. The number of benzene rings is 2. The van der Waals surface area contributed by atoms with Gasteiger partial charge in [0.25, 0.3) is 0 Å². The molecule has 3 rings (SSSR count). The Morgan fingerprint density at radius 1 is 1.00 bits per heavy atom. The molecule has 0 spiro atoms. The quantitative estimate of drug-likeness (QED) is 0.586. The first-order chi connectivity index (χ1) is 14.9. The summed E-state index contributed by atoms with van der Waals surface area (Å²) in [6, 6.07) is 12.7. The Hall–Kier alpha value is -2.71. The second-order valence-electron chi connectivity index (χ2n) is 7.49. The van der Waals surface area contributed by atoms with Crippen molar-refractivity contribution in [1.82, 2.24) is 4.90 Å². The number of alkyl halides is 1. The van der Waals surface area contributed by atoms with Crippen LogP contribution >= 0.6 is 0 Å². The van der Waals surface area contributed by atoms with Crippen LogP contribution in [0.5, 0.6) is 5.75 Å². The molecule has 31 heavy (non-hydrogen) atoms. The second-order valence-corrected chi connectivity index (χ2v) is 7.49. The predicted octanol–water partition coefficient (Wildman–Crippen LogP) is 3.82. The minimum absolute atomic E-state index is 0.0354. The van der Waals surface area contributed by atoms with Crippen molar-refractivity contribution in [1.29, 1.82) is 0 Å². The summed E-state index contributed by atoms with van der Waals surface area (Å²) < 4.78 is 36.2. The number of nitrogens with zero attached hydrogens (tertiary/aromatic N) is 1. The molecule has 6 nitrogen and oxygen atoms in total. The van der Waals surface area contributed by atoms with E-state index in [1.54, 1.807) is 36.4 Å². The van der Waals surface area contributed by atoms with E-state index in [0.717, 1.165) is 0 Å². The fraction of sp³-hybridized carbons (Fsp3) is 0.435. The monoisotopic (exact) mass is 435 g/mol. The van der Waals surface area contributed by atoms with Gasteiger partial charge < -0.3 is 24.6 Å². The van der Waals surface area contributed by atoms with Gasteiger partial charge in [-0.25, -0.2) is 13.6 Å². The lowest BCUT2D eigenvalue weighted by atomic mass is 9.72. The molecule has 1 heterocycles. The van der Waals surface area contributed by atoms with Gasteiger partial charge in [-0.3, -0.25) is 0 Å². The topological polar surface area (TPSA) is 79.2 Å². The number of carboxylic acid groups (broad SMARTS) is 1. The average molecular weight is 435 g/mol. The molecule has 0 saturated carbocycles. The molecular weight excluding hydrogens is 408 g/mol. The van der Waals surface area contributed by atoms with E-state index in [-0.39, 0.29) is 25.7 Å². The molecular formula is C23H27F2NO5. The Kier molecular flexibility index (Phi) is 7.81. The van der Waals surface area contributed by atoms with Crippen LogP contribution in [0.25, 0.3) is 0 Å². The van der Waals surface area contributed by atoms with Crippen molar-refractivity contribution in [3.8, 4) is 5.75 Å². The van der Waals surface area contributed by atoms with Crippen LogP contribution in [0.3, 0.4) is 0 Å². The number of ether oxygens (including phenoxy) is 2.